The Bertz CT molecular complexity index is 1270. The Labute approximate surface area is 176 Å². The summed E-state index contributed by atoms with van der Waals surface area (Å²) in [6, 6.07) is 14.1. The predicted molar refractivity (Wildman–Crippen MR) is 119 cm³/mol. The molecule has 0 saturated carbocycles. The highest BCUT2D eigenvalue weighted by Gasteiger charge is 2.17. The quantitative estimate of drug-likeness (QED) is 0.548. The van der Waals surface area contributed by atoms with Crippen LogP contribution in [0.2, 0.25) is 0 Å². The van der Waals surface area contributed by atoms with E-state index in [9.17, 15) is 4.79 Å². The third-order valence-electron chi connectivity index (χ3n) is 5.32. The van der Waals surface area contributed by atoms with Gasteiger partial charge in [0.2, 0.25) is 5.91 Å². The van der Waals surface area contributed by atoms with E-state index in [4.69, 9.17) is 0 Å². The van der Waals surface area contributed by atoms with Gasteiger partial charge in [0.15, 0.2) is 5.82 Å². The van der Waals surface area contributed by atoms with Crippen molar-refractivity contribution in [2.75, 3.05) is 5.32 Å². The maximum Gasteiger partial charge on any atom is 0.253 e. The maximum atomic E-state index is 12.7. The number of hydrogen-bond donors (Lipinski definition) is 1. The molecule has 0 unspecified atom stereocenters. The number of nitrogens with zero attached hydrogens (tertiary/aromatic N) is 4. The summed E-state index contributed by atoms with van der Waals surface area (Å²) in [6.07, 6.45) is 0.230. The zero-order valence-corrected chi connectivity index (χ0v) is 17.9. The molecular formula is C24H25N5O. The number of nitrogens with one attached hydrogen (secondary N) is 1. The molecule has 152 valence electrons. The van der Waals surface area contributed by atoms with Gasteiger partial charge >= 0.3 is 0 Å². The molecule has 1 N–H and O–H groups in total. The zero-order valence-electron chi connectivity index (χ0n) is 17.9. The topological polar surface area (TPSA) is 72.2 Å². The summed E-state index contributed by atoms with van der Waals surface area (Å²) in [4.78, 5) is 21.9. The normalized spacial score (nSPS) is 11.1. The molecule has 2 aromatic heterocycles. The van der Waals surface area contributed by atoms with Gasteiger partial charge in [-0.1, -0.05) is 41.5 Å². The van der Waals surface area contributed by atoms with E-state index in [1.807, 2.05) is 65.0 Å². The van der Waals surface area contributed by atoms with Crippen molar-refractivity contribution in [3.63, 3.8) is 0 Å². The number of anilines is 1. The minimum atomic E-state index is -0.0756. The Hall–Kier alpha value is -3.54. The molecule has 2 heterocycles. The van der Waals surface area contributed by atoms with Gasteiger partial charge in [0, 0.05) is 28.2 Å². The van der Waals surface area contributed by atoms with Crippen molar-refractivity contribution in [1.29, 1.82) is 0 Å². The number of rotatable bonds is 4. The monoisotopic (exact) mass is 399 g/mol. The van der Waals surface area contributed by atoms with Crippen LogP contribution in [0.1, 0.15) is 33.6 Å². The molecule has 2 aromatic carbocycles. The number of amides is 1. The molecule has 1 amide bonds. The van der Waals surface area contributed by atoms with Crippen LogP contribution in [0.15, 0.2) is 42.5 Å². The van der Waals surface area contributed by atoms with Crippen LogP contribution in [-0.2, 0) is 11.2 Å². The molecule has 0 aliphatic carbocycles. The number of aryl methyl sites for hydroxylation is 5. The number of fused-ring (bicyclic) bond motifs is 1. The first-order valence-electron chi connectivity index (χ1n) is 9.99. The number of aromatic nitrogens is 4. The average Bonchev–Trinajstić information content (AvgIpc) is 3.11. The molecule has 30 heavy (non-hydrogen) atoms. The van der Waals surface area contributed by atoms with E-state index in [1.165, 1.54) is 5.56 Å². The first-order chi connectivity index (χ1) is 14.3. The summed E-state index contributed by atoms with van der Waals surface area (Å²) in [5.41, 5.74) is 7.68. The van der Waals surface area contributed by atoms with Crippen molar-refractivity contribution >= 4 is 17.4 Å². The summed E-state index contributed by atoms with van der Waals surface area (Å²) in [5.74, 6) is 1.10. The van der Waals surface area contributed by atoms with Gasteiger partial charge in [-0.3, -0.25) is 4.79 Å². The lowest BCUT2D eigenvalue weighted by Gasteiger charge is -2.12. The van der Waals surface area contributed by atoms with Crippen molar-refractivity contribution < 1.29 is 4.79 Å². The van der Waals surface area contributed by atoms with Crippen molar-refractivity contribution in [1.82, 2.24) is 19.6 Å². The minimum absolute atomic E-state index is 0.0756. The average molecular weight is 399 g/mol. The summed E-state index contributed by atoms with van der Waals surface area (Å²) < 4.78 is 1.73. The Morgan fingerprint density at radius 3 is 2.47 bits per heavy atom. The van der Waals surface area contributed by atoms with E-state index in [2.05, 4.69) is 32.5 Å². The molecule has 0 aliphatic heterocycles. The highest BCUT2D eigenvalue weighted by Crippen LogP contribution is 2.21. The third-order valence-corrected chi connectivity index (χ3v) is 5.32. The van der Waals surface area contributed by atoms with Gasteiger partial charge in [-0.05, 0) is 52.3 Å². The summed E-state index contributed by atoms with van der Waals surface area (Å²) in [6.45, 7) is 9.94. The standard InChI is InChI=1S/C24H25N5O/c1-14-7-6-8-19(12-14)23-27-24-25-17(4)20(18(5)29(24)28-23)13-22(30)26-21-10-9-15(2)11-16(21)3/h6-12H,13H2,1-5H3,(H,26,30). The molecular weight excluding hydrogens is 374 g/mol. The fraction of sp³-hybridized carbons (Fsp3) is 0.250. The van der Waals surface area contributed by atoms with Crippen LogP contribution in [0, 0.1) is 34.6 Å². The van der Waals surface area contributed by atoms with Gasteiger partial charge in [0.25, 0.3) is 5.78 Å². The van der Waals surface area contributed by atoms with Crippen LogP contribution in [-0.4, -0.2) is 25.5 Å². The second kappa shape index (κ2) is 7.71. The minimum Gasteiger partial charge on any atom is -0.326 e. The Morgan fingerprint density at radius 2 is 1.73 bits per heavy atom. The van der Waals surface area contributed by atoms with E-state index in [0.29, 0.717) is 11.6 Å². The molecule has 4 aromatic rings. The summed E-state index contributed by atoms with van der Waals surface area (Å²) in [7, 11) is 0. The molecule has 0 bridgehead atoms. The summed E-state index contributed by atoms with van der Waals surface area (Å²) in [5, 5.41) is 7.67. The van der Waals surface area contributed by atoms with Crippen molar-refractivity contribution in [2.45, 2.75) is 41.0 Å². The second-order valence-electron chi connectivity index (χ2n) is 7.82. The first-order valence-corrected chi connectivity index (χ1v) is 9.99. The molecule has 4 rings (SSSR count). The first kappa shape index (κ1) is 19.8. The number of hydrogen-bond acceptors (Lipinski definition) is 4. The molecule has 0 spiro atoms. The highest BCUT2D eigenvalue weighted by molar-refractivity contribution is 5.93. The van der Waals surface area contributed by atoms with E-state index in [1.54, 1.807) is 4.52 Å². The fourth-order valence-electron chi connectivity index (χ4n) is 3.68. The largest absolute Gasteiger partial charge is 0.326 e. The van der Waals surface area contributed by atoms with Crippen LogP contribution in [0.4, 0.5) is 5.69 Å². The lowest BCUT2D eigenvalue weighted by molar-refractivity contribution is -0.115. The van der Waals surface area contributed by atoms with E-state index < -0.39 is 0 Å². The second-order valence-corrected chi connectivity index (χ2v) is 7.82. The molecule has 6 nitrogen and oxygen atoms in total. The van der Waals surface area contributed by atoms with E-state index in [-0.39, 0.29) is 12.3 Å². The van der Waals surface area contributed by atoms with Crippen LogP contribution in [0.3, 0.4) is 0 Å². The van der Waals surface area contributed by atoms with Crippen LogP contribution in [0.25, 0.3) is 17.2 Å². The van der Waals surface area contributed by atoms with Gasteiger partial charge in [-0.25, -0.2) is 9.50 Å². The fourth-order valence-corrected chi connectivity index (χ4v) is 3.68. The van der Waals surface area contributed by atoms with Gasteiger partial charge in [-0.2, -0.15) is 4.98 Å². The molecule has 0 atom stereocenters. The van der Waals surface area contributed by atoms with Gasteiger partial charge in [-0.15, -0.1) is 5.10 Å². The maximum absolute atomic E-state index is 12.7. The SMILES string of the molecule is Cc1cccc(-c2nc3nc(C)c(CC(=O)Nc4ccc(C)cc4C)c(C)n3n2)c1. The van der Waals surface area contributed by atoms with E-state index in [0.717, 1.165) is 39.3 Å². The Morgan fingerprint density at radius 1 is 0.967 bits per heavy atom. The lowest BCUT2D eigenvalue weighted by atomic mass is 10.1. The van der Waals surface area contributed by atoms with E-state index >= 15 is 0 Å². The Kier molecular flexibility index (Phi) is 5.08. The molecule has 0 fully saturated rings. The van der Waals surface area contributed by atoms with Crippen molar-refractivity contribution in [3.05, 3.63) is 76.1 Å². The van der Waals surface area contributed by atoms with Gasteiger partial charge in [0.1, 0.15) is 0 Å². The zero-order chi connectivity index (χ0) is 21.4. The molecule has 0 radical (unpaired) electrons. The number of benzene rings is 2. The van der Waals surface area contributed by atoms with Crippen LogP contribution in [0.5, 0.6) is 0 Å². The van der Waals surface area contributed by atoms with Crippen LogP contribution >= 0.6 is 0 Å². The van der Waals surface area contributed by atoms with Gasteiger partial charge in [0.05, 0.1) is 6.42 Å². The smallest absolute Gasteiger partial charge is 0.253 e. The predicted octanol–water partition coefficient (Wildman–Crippen LogP) is 4.51. The van der Waals surface area contributed by atoms with Gasteiger partial charge < -0.3 is 5.32 Å². The molecule has 0 saturated heterocycles. The number of carbonyl (C=O) groups excluding carboxylic acids is 1. The third kappa shape index (κ3) is 3.81. The lowest BCUT2D eigenvalue weighted by Crippen LogP contribution is -2.18. The Balaban J connectivity index is 1.65. The summed E-state index contributed by atoms with van der Waals surface area (Å²) >= 11 is 0. The molecule has 6 heteroatoms. The van der Waals surface area contributed by atoms with Crippen molar-refractivity contribution in [2.24, 2.45) is 0 Å². The highest BCUT2D eigenvalue weighted by atomic mass is 16.1. The van der Waals surface area contributed by atoms with Crippen molar-refractivity contribution in [3.8, 4) is 11.4 Å². The van der Waals surface area contributed by atoms with Crippen LogP contribution < -0.4 is 5.32 Å². The number of carbonyl (C=O) groups is 1. The molecule has 0 aliphatic rings.